The molecule has 0 aliphatic carbocycles. The first-order valence-electron chi connectivity index (χ1n) is 8.16. The molecule has 0 unspecified atom stereocenters. The monoisotopic (exact) mass is 347 g/mol. The molecule has 0 bridgehead atoms. The smallest absolute Gasteiger partial charge is 0.169 e. The highest BCUT2D eigenvalue weighted by atomic mass is 32.1. The van der Waals surface area contributed by atoms with Gasteiger partial charge in [0.2, 0.25) is 0 Å². The second-order valence-electron chi connectivity index (χ2n) is 5.64. The van der Waals surface area contributed by atoms with Crippen LogP contribution in [-0.2, 0) is 0 Å². The molecule has 4 aromatic heterocycles. The van der Waals surface area contributed by atoms with E-state index < -0.39 is 0 Å². The lowest BCUT2D eigenvalue weighted by Crippen LogP contribution is -2.10. The van der Waals surface area contributed by atoms with Crippen LogP contribution in [0.5, 0.6) is 0 Å². The predicted octanol–water partition coefficient (Wildman–Crippen LogP) is 4.46. The van der Waals surface area contributed by atoms with Crippen LogP contribution in [0.3, 0.4) is 0 Å². The minimum Gasteiger partial charge on any atom is -0.323 e. The van der Waals surface area contributed by atoms with Gasteiger partial charge in [0.25, 0.3) is 0 Å². The normalized spacial score (nSPS) is 12.2. The van der Waals surface area contributed by atoms with Crippen LogP contribution in [0.2, 0.25) is 0 Å². The van der Waals surface area contributed by atoms with Crippen molar-refractivity contribution in [2.24, 2.45) is 0 Å². The molecule has 0 N–H and O–H groups in total. The van der Waals surface area contributed by atoms with Crippen LogP contribution in [0.4, 0.5) is 0 Å². The van der Waals surface area contributed by atoms with Gasteiger partial charge < -0.3 is 4.57 Å². The summed E-state index contributed by atoms with van der Waals surface area (Å²) in [5, 5.41) is 2.03. The summed E-state index contributed by atoms with van der Waals surface area (Å²) < 4.78 is 2.18. The molecule has 6 heteroatoms. The van der Waals surface area contributed by atoms with Crippen molar-refractivity contribution in [3.63, 3.8) is 0 Å². The van der Waals surface area contributed by atoms with Crippen molar-refractivity contribution >= 4 is 11.3 Å². The van der Waals surface area contributed by atoms with E-state index in [4.69, 9.17) is 0 Å². The molecule has 25 heavy (non-hydrogen) atoms. The second-order valence-corrected chi connectivity index (χ2v) is 6.58. The van der Waals surface area contributed by atoms with Crippen LogP contribution in [0.1, 0.15) is 24.9 Å². The summed E-state index contributed by atoms with van der Waals surface area (Å²) in [6, 6.07) is 8.34. The van der Waals surface area contributed by atoms with Gasteiger partial charge in [-0.05, 0) is 35.6 Å². The summed E-state index contributed by atoms with van der Waals surface area (Å²) in [6.07, 6.45) is 12.1. The third-order valence-corrected chi connectivity index (χ3v) is 5.00. The molecule has 0 aromatic carbocycles. The van der Waals surface area contributed by atoms with E-state index in [1.807, 2.05) is 66.8 Å². The van der Waals surface area contributed by atoms with E-state index in [9.17, 15) is 0 Å². The van der Waals surface area contributed by atoms with Crippen LogP contribution in [0, 0.1) is 0 Å². The molecule has 0 spiro atoms. The molecule has 4 aromatic rings. The number of imidazole rings is 1. The molecular weight excluding hydrogens is 330 g/mol. The van der Waals surface area contributed by atoms with E-state index in [-0.39, 0.29) is 6.04 Å². The van der Waals surface area contributed by atoms with Crippen LogP contribution in [0.15, 0.2) is 66.8 Å². The maximum absolute atomic E-state index is 4.54. The Labute approximate surface area is 150 Å². The van der Waals surface area contributed by atoms with E-state index in [2.05, 4.69) is 31.4 Å². The maximum atomic E-state index is 4.54. The second kappa shape index (κ2) is 6.94. The SMILES string of the molecule is CC[C@@H](c1ccncc1)n1ccnc1-c1cnc(-c2cccs2)nc1. The fraction of sp³-hybridized carbons (Fsp3) is 0.158. The number of nitrogens with zero attached hydrogens (tertiary/aromatic N) is 5. The van der Waals surface area contributed by atoms with Gasteiger partial charge in [-0.15, -0.1) is 11.3 Å². The average Bonchev–Trinajstić information content (AvgIpc) is 3.36. The molecule has 0 radical (unpaired) electrons. The molecule has 4 heterocycles. The van der Waals surface area contributed by atoms with Crippen LogP contribution >= 0.6 is 11.3 Å². The van der Waals surface area contributed by atoms with Gasteiger partial charge in [0.1, 0.15) is 5.82 Å². The van der Waals surface area contributed by atoms with E-state index in [1.165, 1.54) is 5.56 Å². The highest BCUT2D eigenvalue weighted by molar-refractivity contribution is 7.13. The molecule has 124 valence electrons. The zero-order valence-electron chi connectivity index (χ0n) is 13.8. The first-order chi connectivity index (χ1) is 12.4. The fourth-order valence-electron chi connectivity index (χ4n) is 2.94. The van der Waals surface area contributed by atoms with Gasteiger partial charge in [-0.3, -0.25) is 4.98 Å². The Morgan fingerprint density at radius 1 is 1.04 bits per heavy atom. The van der Waals surface area contributed by atoms with Gasteiger partial charge in [0, 0.05) is 37.2 Å². The highest BCUT2D eigenvalue weighted by Crippen LogP contribution is 2.28. The topological polar surface area (TPSA) is 56.5 Å². The number of hydrogen-bond acceptors (Lipinski definition) is 5. The quantitative estimate of drug-likeness (QED) is 0.535. The Hall–Kier alpha value is -2.86. The van der Waals surface area contributed by atoms with Gasteiger partial charge in [-0.2, -0.15) is 0 Å². The summed E-state index contributed by atoms with van der Waals surface area (Å²) in [4.78, 5) is 18.7. The fourth-order valence-corrected chi connectivity index (χ4v) is 3.61. The van der Waals surface area contributed by atoms with Crippen LogP contribution in [-0.4, -0.2) is 24.5 Å². The minimum absolute atomic E-state index is 0.206. The van der Waals surface area contributed by atoms with E-state index in [0.717, 1.165) is 28.5 Å². The van der Waals surface area contributed by atoms with Crippen molar-refractivity contribution < 1.29 is 0 Å². The highest BCUT2D eigenvalue weighted by Gasteiger charge is 2.17. The Morgan fingerprint density at radius 2 is 1.84 bits per heavy atom. The molecule has 0 aliphatic heterocycles. The van der Waals surface area contributed by atoms with Crippen molar-refractivity contribution in [2.45, 2.75) is 19.4 Å². The Kier molecular flexibility index (Phi) is 4.35. The lowest BCUT2D eigenvalue weighted by molar-refractivity contribution is 0.571. The lowest BCUT2D eigenvalue weighted by Gasteiger charge is -2.19. The molecule has 4 rings (SSSR count). The molecule has 1 atom stereocenters. The number of rotatable bonds is 5. The third-order valence-electron chi connectivity index (χ3n) is 4.13. The van der Waals surface area contributed by atoms with Crippen LogP contribution in [0.25, 0.3) is 22.1 Å². The zero-order valence-corrected chi connectivity index (χ0v) is 14.6. The van der Waals surface area contributed by atoms with Crippen molar-refractivity contribution in [2.75, 3.05) is 0 Å². The van der Waals surface area contributed by atoms with Gasteiger partial charge in [-0.1, -0.05) is 13.0 Å². The summed E-state index contributed by atoms with van der Waals surface area (Å²) in [5.41, 5.74) is 2.13. The number of thiophene rings is 1. The molecule has 5 nitrogen and oxygen atoms in total. The van der Waals surface area contributed by atoms with Crippen molar-refractivity contribution in [3.8, 4) is 22.1 Å². The van der Waals surface area contributed by atoms with Crippen molar-refractivity contribution in [3.05, 3.63) is 72.4 Å². The summed E-state index contributed by atoms with van der Waals surface area (Å²) in [7, 11) is 0. The number of hydrogen-bond donors (Lipinski definition) is 0. The van der Waals surface area contributed by atoms with Gasteiger partial charge in [0.15, 0.2) is 5.82 Å². The van der Waals surface area contributed by atoms with Gasteiger partial charge >= 0.3 is 0 Å². The van der Waals surface area contributed by atoms with Crippen molar-refractivity contribution in [1.29, 1.82) is 0 Å². The first kappa shape index (κ1) is 15.7. The Morgan fingerprint density at radius 3 is 2.52 bits per heavy atom. The molecule has 0 saturated carbocycles. The number of aromatic nitrogens is 5. The van der Waals surface area contributed by atoms with Gasteiger partial charge in [-0.25, -0.2) is 15.0 Å². The molecule has 0 fully saturated rings. The molecular formula is C19H17N5S. The van der Waals surface area contributed by atoms with Crippen LogP contribution < -0.4 is 0 Å². The lowest BCUT2D eigenvalue weighted by atomic mass is 10.1. The zero-order chi connectivity index (χ0) is 17.1. The standard InChI is InChI=1S/C19H17N5S/c1-2-16(14-5-7-20-8-6-14)24-10-9-21-19(24)15-12-22-18(23-13-15)17-4-3-11-25-17/h3-13,16H,2H2,1H3/t16-/m0/s1. The average molecular weight is 347 g/mol. The minimum atomic E-state index is 0.206. The maximum Gasteiger partial charge on any atom is 0.169 e. The predicted molar refractivity (Wildman–Crippen MR) is 99.2 cm³/mol. The number of pyridine rings is 1. The molecule has 0 saturated heterocycles. The molecule has 0 amide bonds. The Bertz CT molecular complexity index is 930. The summed E-state index contributed by atoms with van der Waals surface area (Å²) in [6.45, 7) is 2.17. The molecule has 0 aliphatic rings. The Balaban J connectivity index is 1.69. The van der Waals surface area contributed by atoms with E-state index in [1.54, 1.807) is 11.3 Å². The summed E-state index contributed by atoms with van der Waals surface area (Å²) >= 11 is 1.64. The van der Waals surface area contributed by atoms with Crippen molar-refractivity contribution in [1.82, 2.24) is 24.5 Å². The van der Waals surface area contributed by atoms with E-state index >= 15 is 0 Å². The first-order valence-corrected chi connectivity index (χ1v) is 9.04. The van der Waals surface area contributed by atoms with Gasteiger partial charge in [0.05, 0.1) is 16.5 Å². The van der Waals surface area contributed by atoms with E-state index in [0.29, 0.717) is 0 Å². The third kappa shape index (κ3) is 3.08. The largest absolute Gasteiger partial charge is 0.323 e. The summed E-state index contributed by atoms with van der Waals surface area (Å²) in [5.74, 6) is 1.62.